The SMILES string of the molecule is O=[N+]([O-])c1ccc(C2CNC2)cc1Cl. The third-order valence-corrected chi connectivity index (χ3v) is 2.72. The molecule has 0 atom stereocenters. The Kier molecular flexibility index (Phi) is 2.39. The van der Waals surface area contributed by atoms with E-state index >= 15 is 0 Å². The molecule has 74 valence electrons. The molecule has 14 heavy (non-hydrogen) atoms. The number of nitro benzene ring substituents is 1. The molecule has 0 aliphatic carbocycles. The molecule has 5 heteroatoms. The number of benzene rings is 1. The standard InChI is InChI=1S/C9H9ClN2O2/c10-8-3-6(7-4-11-5-7)1-2-9(8)12(13)14/h1-3,7,11H,4-5H2. The van der Waals surface area contributed by atoms with Gasteiger partial charge >= 0.3 is 0 Å². The van der Waals surface area contributed by atoms with Gasteiger partial charge in [0.05, 0.1) is 4.92 Å². The molecular formula is C9H9ClN2O2. The third-order valence-electron chi connectivity index (χ3n) is 2.42. The molecule has 0 aromatic heterocycles. The van der Waals surface area contributed by atoms with E-state index < -0.39 is 4.92 Å². The molecule has 1 saturated heterocycles. The monoisotopic (exact) mass is 212 g/mol. The Balaban J connectivity index is 2.30. The van der Waals surface area contributed by atoms with Gasteiger partial charge in [-0.1, -0.05) is 17.7 Å². The molecule has 0 spiro atoms. The second-order valence-electron chi connectivity index (χ2n) is 3.32. The maximum atomic E-state index is 10.5. The highest BCUT2D eigenvalue weighted by atomic mass is 35.5. The Bertz CT molecular complexity index is 377. The molecule has 1 aromatic carbocycles. The molecular weight excluding hydrogens is 204 g/mol. The zero-order valence-corrected chi connectivity index (χ0v) is 8.12. The van der Waals surface area contributed by atoms with Crippen molar-refractivity contribution >= 4 is 17.3 Å². The minimum atomic E-state index is -0.467. The fourth-order valence-corrected chi connectivity index (χ4v) is 1.71. The fraction of sp³-hybridized carbons (Fsp3) is 0.333. The zero-order valence-electron chi connectivity index (χ0n) is 7.37. The normalized spacial score (nSPS) is 16.4. The fourth-order valence-electron chi connectivity index (χ4n) is 1.45. The van der Waals surface area contributed by atoms with Crippen LogP contribution in [0.5, 0.6) is 0 Å². The lowest BCUT2D eigenvalue weighted by Gasteiger charge is -2.27. The first-order valence-electron chi connectivity index (χ1n) is 4.33. The summed E-state index contributed by atoms with van der Waals surface area (Å²) in [5.41, 5.74) is 1.04. The summed E-state index contributed by atoms with van der Waals surface area (Å²) >= 11 is 5.79. The van der Waals surface area contributed by atoms with E-state index in [1.54, 1.807) is 12.1 Å². The minimum absolute atomic E-state index is 0.0253. The van der Waals surface area contributed by atoms with E-state index in [1.165, 1.54) is 6.07 Å². The number of hydrogen-bond acceptors (Lipinski definition) is 3. The molecule has 1 aromatic rings. The molecule has 0 amide bonds. The number of nitro groups is 1. The molecule has 1 aliphatic rings. The molecule has 0 bridgehead atoms. The van der Waals surface area contributed by atoms with Crippen LogP contribution in [0.3, 0.4) is 0 Å². The van der Waals surface area contributed by atoms with Gasteiger partial charge in [0.25, 0.3) is 5.69 Å². The van der Waals surface area contributed by atoms with Crippen LogP contribution < -0.4 is 5.32 Å². The first kappa shape index (κ1) is 9.43. The number of halogens is 1. The maximum absolute atomic E-state index is 10.5. The van der Waals surface area contributed by atoms with Crippen molar-refractivity contribution in [3.05, 3.63) is 38.9 Å². The molecule has 2 rings (SSSR count). The Morgan fingerprint density at radius 1 is 1.50 bits per heavy atom. The van der Waals surface area contributed by atoms with Crippen molar-refractivity contribution in [1.82, 2.24) is 5.32 Å². The quantitative estimate of drug-likeness (QED) is 0.602. The summed E-state index contributed by atoms with van der Waals surface area (Å²) in [6.45, 7) is 1.85. The van der Waals surface area contributed by atoms with Crippen LogP contribution in [0.15, 0.2) is 18.2 Å². The Morgan fingerprint density at radius 2 is 2.21 bits per heavy atom. The summed E-state index contributed by atoms with van der Waals surface area (Å²) in [6.07, 6.45) is 0. The number of nitrogens with one attached hydrogen (secondary N) is 1. The van der Waals surface area contributed by atoms with Crippen LogP contribution in [0, 0.1) is 10.1 Å². The summed E-state index contributed by atoms with van der Waals surface area (Å²) in [6, 6.07) is 4.93. The molecule has 1 fully saturated rings. The van der Waals surface area contributed by atoms with Gasteiger partial charge in [-0.3, -0.25) is 10.1 Å². The van der Waals surface area contributed by atoms with Crippen LogP contribution in [-0.4, -0.2) is 18.0 Å². The van der Waals surface area contributed by atoms with Crippen molar-refractivity contribution in [2.24, 2.45) is 0 Å². The smallest absolute Gasteiger partial charge is 0.287 e. The highest BCUT2D eigenvalue weighted by Gasteiger charge is 2.21. The van der Waals surface area contributed by atoms with Crippen molar-refractivity contribution in [3.63, 3.8) is 0 Å². The Labute approximate surface area is 86.0 Å². The van der Waals surface area contributed by atoms with Gasteiger partial charge in [-0.15, -0.1) is 0 Å². The van der Waals surface area contributed by atoms with Crippen LogP contribution in [-0.2, 0) is 0 Å². The van der Waals surface area contributed by atoms with E-state index in [2.05, 4.69) is 5.32 Å². The van der Waals surface area contributed by atoms with Crippen molar-refractivity contribution in [3.8, 4) is 0 Å². The van der Waals surface area contributed by atoms with Gasteiger partial charge in [0.1, 0.15) is 5.02 Å². The van der Waals surface area contributed by atoms with Crippen LogP contribution in [0.2, 0.25) is 5.02 Å². The summed E-state index contributed by atoms with van der Waals surface area (Å²) in [4.78, 5) is 10.0. The van der Waals surface area contributed by atoms with Gasteiger partial charge in [0.15, 0.2) is 0 Å². The Hall–Kier alpha value is -1.13. The van der Waals surface area contributed by atoms with Crippen LogP contribution in [0.1, 0.15) is 11.5 Å². The second-order valence-corrected chi connectivity index (χ2v) is 3.73. The maximum Gasteiger partial charge on any atom is 0.287 e. The van der Waals surface area contributed by atoms with Gasteiger partial charge in [-0.05, 0) is 11.6 Å². The summed E-state index contributed by atoms with van der Waals surface area (Å²) in [5, 5.41) is 13.9. The lowest BCUT2D eigenvalue weighted by molar-refractivity contribution is -0.384. The molecule has 1 aliphatic heterocycles. The largest absolute Gasteiger partial charge is 0.315 e. The predicted octanol–water partition coefficient (Wildman–Crippen LogP) is 1.93. The lowest BCUT2D eigenvalue weighted by atomic mass is 9.94. The highest BCUT2D eigenvalue weighted by molar-refractivity contribution is 6.32. The first-order chi connectivity index (χ1) is 6.68. The lowest BCUT2D eigenvalue weighted by Crippen LogP contribution is -2.39. The number of nitrogens with zero attached hydrogens (tertiary/aromatic N) is 1. The number of hydrogen-bond donors (Lipinski definition) is 1. The van der Waals surface area contributed by atoms with Gasteiger partial charge < -0.3 is 5.32 Å². The predicted molar refractivity (Wildman–Crippen MR) is 53.7 cm³/mol. The van der Waals surface area contributed by atoms with Crippen LogP contribution in [0.4, 0.5) is 5.69 Å². The van der Waals surface area contributed by atoms with Crippen molar-refractivity contribution < 1.29 is 4.92 Å². The number of rotatable bonds is 2. The van der Waals surface area contributed by atoms with Crippen LogP contribution >= 0.6 is 11.6 Å². The highest BCUT2D eigenvalue weighted by Crippen LogP contribution is 2.29. The molecule has 4 nitrogen and oxygen atoms in total. The van der Waals surface area contributed by atoms with Crippen LogP contribution in [0.25, 0.3) is 0 Å². The van der Waals surface area contributed by atoms with E-state index in [4.69, 9.17) is 11.6 Å². The summed E-state index contributed by atoms with van der Waals surface area (Å²) in [7, 11) is 0. The van der Waals surface area contributed by atoms with E-state index in [9.17, 15) is 10.1 Å². The van der Waals surface area contributed by atoms with Crippen molar-refractivity contribution in [1.29, 1.82) is 0 Å². The van der Waals surface area contributed by atoms with E-state index in [1.807, 2.05) is 0 Å². The van der Waals surface area contributed by atoms with Gasteiger partial charge in [0.2, 0.25) is 0 Å². The minimum Gasteiger partial charge on any atom is -0.315 e. The summed E-state index contributed by atoms with van der Waals surface area (Å²) in [5.74, 6) is 0.452. The van der Waals surface area contributed by atoms with E-state index in [0.717, 1.165) is 18.7 Å². The average Bonchev–Trinajstić information content (AvgIpc) is 2.00. The topological polar surface area (TPSA) is 55.2 Å². The van der Waals surface area contributed by atoms with E-state index in [0.29, 0.717) is 5.92 Å². The molecule has 0 radical (unpaired) electrons. The molecule has 0 saturated carbocycles. The molecule has 1 N–H and O–H groups in total. The van der Waals surface area contributed by atoms with E-state index in [-0.39, 0.29) is 10.7 Å². The Morgan fingerprint density at radius 3 is 2.64 bits per heavy atom. The second kappa shape index (κ2) is 3.55. The summed E-state index contributed by atoms with van der Waals surface area (Å²) < 4.78 is 0. The molecule has 0 unspecified atom stereocenters. The first-order valence-corrected chi connectivity index (χ1v) is 4.71. The zero-order chi connectivity index (χ0) is 10.1. The van der Waals surface area contributed by atoms with Gasteiger partial charge in [0, 0.05) is 25.1 Å². The van der Waals surface area contributed by atoms with Gasteiger partial charge in [-0.2, -0.15) is 0 Å². The van der Waals surface area contributed by atoms with Crippen molar-refractivity contribution in [2.75, 3.05) is 13.1 Å². The average molecular weight is 213 g/mol. The van der Waals surface area contributed by atoms with Gasteiger partial charge in [-0.25, -0.2) is 0 Å². The third kappa shape index (κ3) is 1.58. The molecule has 1 heterocycles. The van der Waals surface area contributed by atoms with Crippen molar-refractivity contribution in [2.45, 2.75) is 5.92 Å².